The van der Waals surface area contributed by atoms with Gasteiger partial charge in [0.25, 0.3) is 5.91 Å². The van der Waals surface area contributed by atoms with E-state index >= 15 is 0 Å². The molecule has 6 heteroatoms. The van der Waals surface area contributed by atoms with Crippen LogP contribution in [0.3, 0.4) is 0 Å². The average Bonchev–Trinajstić information content (AvgIpc) is 2.69. The van der Waals surface area contributed by atoms with Crippen molar-refractivity contribution < 1.29 is 22.7 Å². The van der Waals surface area contributed by atoms with Crippen LogP contribution in [-0.2, 0) is 11.0 Å². The molecule has 0 aliphatic carbocycles. The molecule has 0 unspecified atom stereocenters. The molecule has 0 fully saturated rings. The number of carbonyl (C=O) groups is 1. The van der Waals surface area contributed by atoms with Gasteiger partial charge in [0, 0.05) is 5.56 Å². The van der Waals surface area contributed by atoms with Gasteiger partial charge in [-0.1, -0.05) is 48.2 Å². The molecule has 3 aromatic rings. The van der Waals surface area contributed by atoms with E-state index in [4.69, 9.17) is 4.74 Å². The van der Waals surface area contributed by atoms with Crippen molar-refractivity contribution in [3.05, 3.63) is 77.9 Å². The lowest BCUT2D eigenvalue weighted by Crippen LogP contribution is -2.29. The number of nitrogens with one attached hydrogen (secondary N) is 1. The lowest BCUT2D eigenvalue weighted by molar-refractivity contribution is -0.137. The van der Waals surface area contributed by atoms with Gasteiger partial charge in [0.05, 0.1) is 12.1 Å². The van der Waals surface area contributed by atoms with E-state index in [1.165, 1.54) is 12.1 Å². The van der Waals surface area contributed by atoms with E-state index in [0.717, 1.165) is 22.9 Å². The van der Waals surface area contributed by atoms with Crippen LogP contribution in [0.15, 0.2) is 66.7 Å². The van der Waals surface area contributed by atoms with Crippen molar-refractivity contribution in [2.45, 2.75) is 6.18 Å². The fraction of sp³-hybridized carbons (Fsp3) is 0.136. The number of halogens is 3. The summed E-state index contributed by atoms with van der Waals surface area (Å²) in [6.07, 6.45) is -4.41. The van der Waals surface area contributed by atoms with Gasteiger partial charge in [-0.15, -0.1) is 0 Å². The molecular weight excluding hydrogens is 367 g/mol. The first-order valence-electron chi connectivity index (χ1n) is 8.46. The predicted molar refractivity (Wildman–Crippen MR) is 101 cm³/mol. The Hall–Kier alpha value is -3.46. The van der Waals surface area contributed by atoms with Crippen LogP contribution in [-0.4, -0.2) is 19.1 Å². The third-order valence-corrected chi connectivity index (χ3v) is 3.89. The molecule has 0 atom stereocenters. The highest BCUT2D eigenvalue weighted by atomic mass is 19.4. The van der Waals surface area contributed by atoms with E-state index in [1.807, 2.05) is 36.4 Å². The van der Waals surface area contributed by atoms with Gasteiger partial charge in [0.2, 0.25) is 0 Å². The summed E-state index contributed by atoms with van der Waals surface area (Å²) in [6, 6.07) is 18.0. The Morgan fingerprint density at radius 2 is 1.75 bits per heavy atom. The van der Waals surface area contributed by atoms with Crippen molar-refractivity contribution in [2.24, 2.45) is 0 Å². The number of hydrogen-bond acceptors (Lipinski definition) is 2. The molecule has 3 aromatic carbocycles. The quantitative estimate of drug-likeness (QED) is 0.678. The molecule has 28 heavy (non-hydrogen) atoms. The minimum atomic E-state index is -4.41. The van der Waals surface area contributed by atoms with E-state index in [0.29, 0.717) is 5.75 Å². The third-order valence-electron chi connectivity index (χ3n) is 3.89. The van der Waals surface area contributed by atoms with Gasteiger partial charge in [0.1, 0.15) is 5.75 Å². The van der Waals surface area contributed by atoms with Crippen LogP contribution in [0, 0.1) is 11.8 Å². The first-order valence-corrected chi connectivity index (χ1v) is 8.46. The topological polar surface area (TPSA) is 38.3 Å². The van der Waals surface area contributed by atoms with Crippen LogP contribution in [0.4, 0.5) is 13.2 Å². The Morgan fingerprint density at radius 1 is 0.964 bits per heavy atom. The molecule has 0 saturated carbocycles. The van der Waals surface area contributed by atoms with Crippen molar-refractivity contribution >= 4 is 16.7 Å². The molecule has 0 spiro atoms. The minimum absolute atomic E-state index is 0.0101. The molecule has 0 saturated heterocycles. The van der Waals surface area contributed by atoms with Gasteiger partial charge in [0.15, 0.2) is 6.61 Å². The van der Waals surface area contributed by atoms with Gasteiger partial charge in [-0.05, 0) is 41.1 Å². The molecule has 3 rings (SSSR count). The maximum absolute atomic E-state index is 12.7. The highest BCUT2D eigenvalue weighted by Crippen LogP contribution is 2.29. The Morgan fingerprint density at radius 3 is 2.54 bits per heavy atom. The van der Waals surface area contributed by atoms with Gasteiger partial charge in [-0.3, -0.25) is 4.79 Å². The van der Waals surface area contributed by atoms with E-state index < -0.39 is 11.7 Å². The van der Waals surface area contributed by atoms with Crippen LogP contribution in [0.2, 0.25) is 0 Å². The largest absolute Gasteiger partial charge is 0.484 e. The molecule has 0 aliphatic heterocycles. The number of rotatable bonds is 4. The summed E-state index contributed by atoms with van der Waals surface area (Å²) >= 11 is 0. The van der Waals surface area contributed by atoms with E-state index in [1.54, 1.807) is 6.07 Å². The van der Waals surface area contributed by atoms with E-state index in [2.05, 4.69) is 17.2 Å². The zero-order valence-corrected chi connectivity index (χ0v) is 14.7. The lowest BCUT2D eigenvalue weighted by Gasteiger charge is -2.07. The molecule has 1 N–H and O–H groups in total. The summed E-state index contributed by atoms with van der Waals surface area (Å²) in [4.78, 5) is 11.8. The zero-order valence-electron chi connectivity index (χ0n) is 14.7. The Balaban J connectivity index is 1.49. The van der Waals surface area contributed by atoms with Gasteiger partial charge < -0.3 is 10.1 Å². The number of benzene rings is 3. The summed E-state index contributed by atoms with van der Waals surface area (Å²) < 4.78 is 43.4. The Bertz CT molecular complexity index is 1050. The molecule has 142 valence electrons. The molecule has 3 nitrogen and oxygen atoms in total. The van der Waals surface area contributed by atoms with Crippen molar-refractivity contribution in [2.75, 3.05) is 13.2 Å². The number of hydrogen-bond donors (Lipinski definition) is 1. The van der Waals surface area contributed by atoms with Gasteiger partial charge in [-0.25, -0.2) is 0 Å². The number of carbonyl (C=O) groups excluding carboxylic acids is 1. The molecule has 0 aromatic heterocycles. The number of alkyl halides is 3. The first kappa shape index (κ1) is 19.3. The molecular formula is C22H16F3NO2. The molecule has 0 bridgehead atoms. The fourth-order valence-electron chi connectivity index (χ4n) is 2.52. The van der Waals surface area contributed by atoms with Crippen molar-refractivity contribution in [1.82, 2.24) is 5.32 Å². The van der Waals surface area contributed by atoms with Crippen molar-refractivity contribution in [3.63, 3.8) is 0 Å². The minimum Gasteiger partial charge on any atom is -0.484 e. The highest BCUT2D eigenvalue weighted by molar-refractivity contribution is 5.84. The second-order valence-corrected chi connectivity index (χ2v) is 5.95. The smallest absolute Gasteiger partial charge is 0.416 e. The maximum Gasteiger partial charge on any atom is 0.416 e. The van der Waals surface area contributed by atoms with Crippen LogP contribution in [0.5, 0.6) is 5.75 Å². The van der Waals surface area contributed by atoms with E-state index in [-0.39, 0.29) is 24.6 Å². The zero-order chi connectivity index (χ0) is 20.0. The monoisotopic (exact) mass is 383 g/mol. The predicted octanol–water partition coefficient (Wildman–Crippen LogP) is 4.41. The summed E-state index contributed by atoms with van der Waals surface area (Å²) in [6.45, 7) is -0.167. The molecule has 0 radical (unpaired) electrons. The second kappa shape index (κ2) is 8.49. The molecule has 0 aliphatic rings. The van der Waals surface area contributed by atoms with Gasteiger partial charge >= 0.3 is 6.18 Å². The standard InChI is InChI=1S/C22H16F3NO2/c23-22(24,25)19-9-3-5-16(13-19)6-4-12-26-21(27)15-28-20-11-10-17-7-1-2-8-18(17)14-20/h1-3,5,7-11,13-14H,12,15H2,(H,26,27). The summed E-state index contributed by atoms with van der Waals surface area (Å²) in [5.41, 5.74) is -0.524. The average molecular weight is 383 g/mol. The third kappa shape index (κ3) is 5.27. The number of ether oxygens (including phenoxy) is 1. The second-order valence-electron chi connectivity index (χ2n) is 5.95. The van der Waals surface area contributed by atoms with Crippen LogP contribution in [0.25, 0.3) is 10.8 Å². The molecule has 1 amide bonds. The SMILES string of the molecule is O=C(COc1ccc2ccccc2c1)NCC#Cc1cccc(C(F)(F)F)c1. The number of fused-ring (bicyclic) bond motifs is 1. The van der Waals surface area contributed by atoms with Gasteiger partial charge in [-0.2, -0.15) is 13.2 Å². The van der Waals surface area contributed by atoms with Crippen LogP contribution < -0.4 is 10.1 Å². The summed E-state index contributed by atoms with van der Waals surface area (Å²) in [7, 11) is 0. The highest BCUT2D eigenvalue weighted by Gasteiger charge is 2.30. The maximum atomic E-state index is 12.7. The van der Waals surface area contributed by atoms with Crippen LogP contribution >= 0.6 is 0 Å². The summed E-state index contributed by atoms with van der Waals surface area (Å²) in [5.74, 6) is 5.43. The number of amides is 1. The Labute approximate surface area is 160 Å². The fourth-order valence-corrected chi connectivity index (χ4v) is 2.52. The Kier molecular flexibility index (Phi) is 5.85. The summed E-state index contributed by atoms with van der Waals surface area (Å²) in [5, 5.41) is 4.63. The van der Waals surface area contributed by atoms with Crippen molar-refractivity contribution in [1.29, 1.82) is 0 Å². The van der Waals surface area contributed by atoms with Crippen LogP contribution in [0.1, 0.15) is 11.1 Å². The first-order chi connectivity index (χ1) is 13.4. The molecule has 0 heterocycles. The van der Waals surface area contributed by atoms with E-state index in [9.17, 15) is 18.0 Å². The van der Waals surface area contributed by atoms with Crippen molar-refractivity contribution in [3.8, 4) is 17.6 Å². The lowest BCUT2D eigenvalue weighted by atomic mass is 10.1. The normalized spacial score (nSPS) is 10.8.